The summed E-state index contributed by atoms with van der Waals surface area (Å²) in [6, 6.07) is 0. The Labute approximate surface area is 71.8 Å². The Morgan fingerprint density at radius 1 is 1.08 bits per heavy atom. The standard InChI is InChI=1S/C6H10F5NO/c1-4(2,13-12)3-5(7,8)6(9,10)11/h3,12H2,1-2H3. The van der Waals surface area contributed by atoms with Gasteiger partial charge in [-0.1, -0.05) is 0 Å². The van der Waals surface area contributed by atoms with Gasteiger partial charge in [0.1, 0.15) is 0 Å². The molecule has 0 amide bonds. The van der Waals surface area contributed by atoms with Crippen LogP contribution in [0.2, 0.25) is 0 Å². The van der Waals surface area contributed by atoms with Crippen molar-refractivity contribution in [1.29, 1.82) is 0 Å². The molecule has 0 aliphatic carbocycles. The van der Waals surface area contributed by atoms with Gasteiger partial charge in [-0.05, 0) is 13.8 Å². The first-order valence-electron chi connectivity index (χ1n) is 3.34. The molecule has 0 rings (SSSR count). The average molecular weight is 207 g/mol. The van der Waals surface area contributed by atoms with Crippen molar-refractivity contribution in [2.24, 2.45) is 5.90 Å². The second-order valence-corrected chi connectivity index (χ2v) is 3.26. The highest BCUT2D eigenvalue weighted by atomic mass is 19.4. The van der Waals surface area contributed by atoms with E-state index in [0.29, 0.717) is 0 Å². The molecule has 0 aromatic carbocycles. The first-order chi connectivity index (χ1) is 5.52. The zero-order chi connectivity index (χ0) is 10.9. The SMILES string of the molecule is CC(C)(CC(F)(F)C(F)(F)F)ON. The molecule has 2 nitrogen and oxygen atoms in total. The lowest BCUT2D eigenvalue weighted by Crippen LogP contribution is -2.44. The fourth-order valence-electron chi connectivity index (χ4n) is 0.677. The summed E-state index contributed by atoms with van der Waals surface area (Å²) >= 11 is 0. The molecule has 7 heteroatoms. The summed E-state index contributed by atoms with van der Waals surface area (Å²) in [5.41, 5.74) is -1.71. The van der Waals surface area contributed by atoms with Crippen LogP contribution in [0.5, 0.6) is 0 Å². The highest BCUT2D eigenvalue weighted by Gasteiger charge is 2.59. The van der Waals surface area contributed by atoms with Crippen LogP contribution in [0.4, 0.5) is 22.0 Å². The van der Waals surface area contributed by atoms with E-state index in [0.717, 1.165) is 13.8 Å². The molecule has 0 aromatic rings. The summed E-state index contributed by atoms with van der Waals surface area (Å²) in [5.74, 6) is -0.226. The van der Waals surface area contributed by atoms with Crippen LogP contribution in [0.3, 0.4) is 0 Å². The first-order valence-corrected chi connectivity index (χ1v) is 3.34. The Morgan fingerprint density at radius 2 is 1.46 bits per heavy atom. The number of nitrogens with two attached hydrogens (primary N) is 1. The molecule has 0 saturated heterocycles. The van der Waals surface area contributed by atoms with Gasteiger partial charge in [-0.2, -0.15) is 22.0 Å². The van der Waals surface area contributed by atoms with Crippen LogP contribution < -0.4 is 5.90 Å². The summed E-state index contributed by atoms with van der Waals surface area (Å²) < 4.78 is 59.7. The maximum absolute atomic E-state index is 12.4. The Morgan fingerprint density at radius 3 is 1.69 bits per heavy atom. The summed E-state index contributed by atoms with van der Waals surface area (Å²) in [7, 11) is 0. The van der Waals surface area contributed by atoms with Crippen LogP contribution >= 0.6 is 0 Å². The molecular formula is C6H10F5NO. The number of hydrogen-bond acceptors (Lipinski definition) is 2. The number of rotatable bonds is 3. The highest BCUT2D eigenvalue weighted by Crippen LogP contribution is 2.41. The van der Waals surface area contributed by atoms with Gasteiger partial charge in [0.05, 0.1) is 12.0 Å². The Balaban J connectivity index is 4.52. The van der Waals surface area contributed by atoms with Gasteiger partial charge in [0, 0.05) is 0 Å². The molecule has 0 heterocycles. The van der Waals surface area contributed by atoms with Gasteiger partial charge < -0.3 is 0 Å². The smallest absolute Gasteiger partial charge is 0.298 e. The molecule has 0 aromatic heterocycles. The Kier molecular flexibility index (Phi) is 3.26. The summed E-state index contributed by atoms with van der Waals surface area (Å²) in [6.45, 7) is 2.10. The zero-order valence-electron chi connectivity index (χ0n) is 7.08. The van der Waals surface area contributed by atoms with Crippen molar-refractivity contribution in [2.75, 3.05) is 0 Å². The zero-order valence-corrected chi connectivity index (χ0v) is 7.08. The fourth-order valence-corrected chi connectivity index (χ4v) is 0.677. The molecule has 0 aliphatic heterocycles. The number of alkyl halides is 5. The van der Waals surface area contributed by atoms with Gasteiger partial charge >= 0.3 is 12.1 Å². The lowest BCUT2D eigenvalue weighted by atomic mass is 10.00. The van der Waals surface area contributed by atoms with Crippen LogP contribution in [0.15, 0.2) is 0 Å². The molecule has 0 saturated carbocycles. The van der Waals surface area contributed by atoms with Crippen LogP contribution in [0.25, 0.3) is 0 Å². The van der Waals surface area contributed by atoms with Gasteiger partial charge in [0.25, 0.3) is 0 Å². The fraction of sp³-hybridized carbons (Fsp3) is 1.00. The molecule has 80 valence electrons. The van der Waals surface area contributed by atoms with Crippen molar-refractivity contribution in [1.82, 2.24) is 0 Å². The minimum atomic E-state index is -5.57. The summed E-state index contributed by atoms with van der Waals surface area (Å²) in [4.78, 5) is 3.99. The monoisotopic (exact) mass is 207 g/mol. The van der Waals surface area contributed by atoms with Crippen molar-refractivity contribution in [3.63, 3.8) is 0 Å². The summed E-state index contributed by atoms with van der Waals surface area (Å²) in [5, 5.41) is 0. The number of hydrogen-bond donors (Lipinski definition) is 1. The predicted molar refractivity (Wildman–Crippen MR) is 35.0 cm³/mol. The van der Waals surface area contributed by atoms with Gasteiger partial charge in [0.2, 0.25) is 0 Å². The summed E-state index contributed by atoms with van der Waals surface area (Å²) in [6.07, 6.45) is -7.07. The highest BCUT2D eigenvalue weighted by molar-refractivity contribution is 4.84. The molecule has 0 atom stereocenters. The largest absolute Gasteiger partial charge is 0.453 e. The van der Waals surface area contributed by atoms with Crippen molar-refractivity contribution < 1.29 is 26.8 Å². The second kappa shape index (κ2) is 3.38. The van der Waals surface area contributed by atoms with Crippen LogP contribution in [-0.4, -0.2) is 17.7 Å². The van der Waals surface area contributed by atoms with E-state index in [4.69, 9.17) is 0 Å². The molecule has 0 spiro atoms. The van der Waals surface area contributed by atoms with E-state index in [-0.39, 0.29) is 0 Å². The third-order valence-corrected chi connectivity index (χ3v) is 1.38. The minimum absolute atomic E-state index is 1.05. The van der Waals surface area contributed by atoms with E-state index in [1.807, 2.05) is 0 Å². The van der Waals surface area contributed by atoms with E-state index in [1.165, 1.54) is 0 Å². The second-order valence-electron chi connectivity index (χ2n) is 3.26. The van der Waals surface area contributed by atoms with Crippen molar-refractivity contribution >= 4 is 0 Å². The predicted octanol–water partition coefficient (Wildman–Crippen LogP) is 2.24. The third-order valence-electron chi connectivity index (χ3n) is 1.38. The normalized spacial score (nSPS) is 14.8. The van der Waals surface area contributed by atoms with Crippen molar-refractivity contribution in [3.05, 3.63) is 0 Å². The minimum Gasteiger partial charge on any atom is -0.298 e. The topological polar surface area (TPSA) is 35.2 Å². The molecular weight excluding hydrogens is 197 g/mol. The molecule has 13 heavy (non-hydrogen) atoms. The van der Waals surface area contributed by atoms with Crippen molar-refractivity contribution in [2.45, 2.75) is 38.0 Å². The quantitative estimate of drug-likeness (QED) is 0.569. The lowest BCUT2D eigenvalue weighted by Gasteiger charge is -2.28. The lowest BCUT2D eigenvalue weighted by molar-refractivity contribution is -0.297. The maximum Gasteiger partial charge on any atom is 0.453 e. The number of halogens is 5. The van der Waals surface area contributed by atoms with Crippen LogP contribution in [-0.2, 0) is 4.84 Å². The Bertz CT molecular complexity index is 176. The molecule has 2 N–H and O–H groups in total. The van der Waals surface area contributed by atoms with Crippen molar-refractivity contribution in [3.8, 4) is 0 Å². The van der Waals surface area contributed by atoms with Gasteiger partial charge in [-0.15, -0.1) is 0 Å². The van der Waals surface area contributed by atoms with E-state index < -0.39 is 24.1 Å². The molecule has 0 fully saturated rings. The van der Waals surface area contributed by atoms with Gasteiger partial charge in [0.15, 0.2) is 0 Å². The first kappa shape index (κ1) is 12.6. The van der Waals surface area contributed by atoms with Crippen LogP contribution in [0.1, 0.15) is 20.3 Å². The molecule has 0 unspecified atom stereocenters. The van der Waals surface area contributed by atoms with E-state index in [9.17, 15) is 22.0 Å². The van der Waals surface area contributed by atoms with E-state index in [2.05, 4.69) is 10.7 Å². The maximum atomic E-state index is 12.4. The van der Waals surface area contributed by atoms with E-state index in [1.54, 1.807) is 0 Å². The van der Waals surface area contributed by atoms with Gasteiger partial charge in [-0.3, -0.25) is 4.84 Å². The van der Waals surface area contributed by atoms with E-state index >= 15 is 0 Å². The Hall–Kier alpha value is -0.430. The molecule has 0 radical (unpaired) electrons. The molecule has 0 bridgehead atoms. The molecule has 0 aliphatic rings. The average Bonchev–Trinajstić information content (AvgIpc) is 1.83. The van der Waals surface area contributed by atoms with Gasteiger partial charge in [-0.25, -0.2) is 5.90 Å². The van der Waals surface area contributed by atoms with Crippen LogP contribution in [0, 0.1) is 0 Å². The third kappa shape index (κ3) is 3.43.